The van der Waals surface area contributed by atoms with Crippen LogP contribution >= 0.6 is 0 Å². The molecular weight excluding hydrogens is 340 g/mol. The normalized spacial score (nSPS) is 15.6. The Hall–Kier alpha value is -2.99. The number of non-ortho nitro benzene ring substituents is 1. The molecule has 1 aromatic heterocycles. The molecule has 0 radical (unpaired) electrons. The number of anilines is 1. The highest BCUT2D eigenvalue weighted by molar-refractivity contribution is 5.99. The lowest BCUT2D eigenvalue weighted by atomic mass is 10.1. The summed E-state index contributed by atoms with van der Waals surface area (Å²) in [6, 6.07) is 15.9. The van der Waals surface area contributed by atoms with E-state index in [9.17, 15) is 10.1 Å². The molecule has 0 amide bonds. The molecule has 6 nitrogen and oxygen atoms in total. The fraction of sp³-hybridized carbons (Fsp3) is 0.286. The van der Waals surface area contributed by atoms with Gasteiger partial charge in [0, 0.05) is 62.3 Å². The Labute approximate surface area is 158 Å². The quantitative estimate of drug-likeness (QED) is 0.521. The van der Waals surface area contributed by atoms with Crippen LogP contribution in [0.1, 0.15) is 12.0 Å². The number of nitro benzene ring substituents is 1. The van der Waals surface area contributed by atoms with Gasteiger partial charge in [-0.15, -0.1) is 0 Å². The summed E-state index contributed by atoms with van der Waals surface area (Å²) in [4.78, 5) is 19.9. The van der Waals surface area contributed by atoms with Crippen molar-refractivity contribution in [3.63, 3.8) is 0 Å². The van der Waals surface area contributed by atoms with Gasteiger partial charge in [-0.1, -0.05) is 30.3 Å². The molecule has 1 fully saturated rings. The Morgan fingerprint density at radius 2 is 1.81 bits per heavy atom. The molecule has 27 heavy (non-hydrogen) atoms. The zero-order chi connectivity index (χ0) is 18.6. The van der Waals surface area contributed by atoms with Crippen LogP contribution < -0.4 is 4.90 Å². The maximum atomic E-state index is 11.3. The molecule has 2 aromatic carbocycles. The molecular formula is C21H22N4O2. The van der Waals surface area contributed by atoms with Crippen LogP contribution in [-0.4, -0.2) is 41.0 Å². The molecule has 0 bridgehead atoms. The minimum atomic E-state index is -0.336. The highest BCUT2D eigenvalue weighted by atomic mass is 16.6. The molecule has 1 saturated heterocycles. The van der Waals surface area contributed by atoms with Crippen LogP contribution in [0.25, 0.3) is 10.8 Å². The number of fused-ring (bicyclic) bond motifs is 1. The lowest BCUT2D eigenvalue weighted by molar-refractivity contribution is -0.383. The van der Waals surface area contributed by atoms with E-state index < -0.39 is 0 Å². The summed E-state index contributed by atoms with van der Waals surface area (Å²) in [5, 5.41) is 12.8. The fourth-order valence-electron chi connectivity index (χ4n) is 3.81. The Balaban J connectivity index is 1.56. The number of pyridine rings is 1. The van der Waals surface area contributed by atoms with Crippen LogP contribution in [-0.2, 0) is 6.54 Å². The number of hydrogen-bond donors (Lipinski definition) is 0. The minimum Gasteiger partial charge on any atom is -0.370 e. The molecule has 2 heterocycles. The lowest BCUT2D eigenvalue weighted by Crippen LogP contribution is -2.30. The van der Waals surface area contributed by atoms with E-state index in [1.807, 2.05) is 18.2 Å². The Bertz CT molecular complexity index is 945. The first-order valence-electron chi connectivity index (χ1n) is 9.25. The highest BCUT2D eigenvalue weighted by Gasteiger charge is 2.20. The number of nitrogens with zero attached hydrogens (tertiary/aromatic N) is 4. The van der Waals surface area contributed by atoms with E-state index in [4.69, 9.17) is 0 Å². The van der Waals surface area contributed by atoms with Gasteiger partial charge in [-0.05, 0) is 24.1 Å². The zero-order valence-electron chi connectivity index (χ0n) is 15.1. The minimum absolute atomic E-state index is 0.113. The second-order valence-corrected chi connectivity index (χ2v) is 6.88. The molecule has 0 atom stereocenters. The Morgan fingerprint density at radius 1 is 0.963 bits per heavy atom. The summed E-state index contributed by atoms with van der Waals surface area (Å²) in [5.41, 5.74) is 2.50. The van der Waals surface area contributed by atoms with Gasteiger partial charge < -0.3 is 4.90 Å². The van der Waals surface area contributed by atoms with Crippen molar-refractivity contribution < 1.29 is 4.92 Å². The van der Waals surface area contributed by atoms with Crippen LogP contribution in [0.5, 0.6) is 0 Å². The van der Waals surface area contributed by atoms with E-state index in [-0.39, 0.29) is 10.6 Å². The van der Waals surface area contributed by atoms with E-state index in [1.54, 1.807) is 18.5 Å². The third-order valence-corrected chi connectivity index (χ3v) is 5.15. The third kappa shape index (κ3) is 3.75. The zero-order valence-corrected chi connectivity index (χ0v) is 15.1. The van der Waals surface area contributed by atoms with Gasteiger partial charge in [0.2, 0.25) is 0 Å². The first-order chi connectivity index (χ1) is 13.2. The Morgan fingerprint density at radius 3 is 2.63 bits per heavy atom. The van der Waals surface area contributed by atoms with E-state index >= 15 is 0 Å². The first kappa shape index (κ1) is 17.4. The first-order valence-corrected chi connectivity index (χ1v) is 9.25. The largest absolute Gasteiger partial charge is 0.370 e. The molecule has 0 unspecified atom stereocenters. The summed E-state index contributed by atoms with van der Waals surface area (Å²) < 4.78 is 0. The van der Waals surface area contributed by atoms with Gasteiger partial charge in [0.05, 0.1) is 10.3 Å². The fourth-order valence-corrected chi connectivity index (χ4v) is 3.81. The van der Waals surface area contributed by atoms with E-state index in [2.05, 4.69) is 39.0 Å². The van der Waals surface area contributed by atoms with Gasteiger partial charge in [-0.2, -0.15) is 0 Å². The molecule has 0 N–H and O–H groups in total. The van der Waals surface area contributed by atoms with Gasteiger partial charge in [-0.25, -0.2) is 0 Å². The number of benzene rings is 2. The predicted octanol–water partition coefficient (Wildman–Crippen LogP) is 3.86. The smallest absolute Gasteiger partial charge is 0.278 e. The molecule has 0 aliphatic carbocycles. The maximum Gasteiger partial charge on any atom is 0.278 e. The van der Waals surface area contributed by atoms with Gasteiger partial charge in [-0.3, -0.25) is 20.0 Å². The van der Waals surface area contributed by atoms with Gasteiger partial charge in [0.15, 0.2) is 0 Å². The predicted molar refractivity (Wildman–Crippen MR) is 107 cm³/mol. The topological polar surface area (TPSA) is 62.5 Å². The van der Waals surface area contributed by atoms with Crippen molar-refractivity contribution in [1.29, 1.82) is 0 Å². The summed E-state index contributed by atoms with van der Waals surface area (Å²) in [5.74, 6) is 0. The van der Waals surface area contributed by atoms with Crippen LogP contribution in [0.4, 0.5) is 11.4 Å². The molecule has 1 aliphatic heterocycles. The van der Waals surface area contributed by atoms with Gasteiger partial charge in [0.25, 0.3) is 5.69 Å². The van der Waals surface area contributed by atoms with E-state index in [0.29, 0.717) is 5.39 Å². The second-order valence-electron chi connectivity index (χ2n) is 6.88. The molecule has 0 saturated carbocycles. The van der Waals surface area contributed by atoms with Crippen molar-refractivity contribution in [1.82, 2.24) is 9.88 Å². The molecule has 6 heteroatoms. The summed E-state index contributed by atoms with van der Waals surface area (Å²) in [6.07, 6.45) is 4.36. The summed E-state index contributed by atoms with van der Waals surface area (Å²) in [7, 11) is 0. The van der Waals surface area contributed by atoms with Crippen LogP contribution in [0.3, 0.4) is 0 Å². The Kier molecular flexibility index (Phi) is 4.98. The van der Waals surface area contributed by atoms with Crippen molar-refractivity contribution in [3.05, 3.63) is 76.6 Å². The lowest BCUT2D eigenvalue weighted by Gasteiger charge is -2.25. The standard InChI is InChI=1S/C21H22N4O2/c26-25(27)21-8-7-20(18-9-10-22-15-19(18)21)24-12-4-11-23(13-14-24)16-17-5-2-1-3-6-17/h1-3,5-10,15H,4,11-14,16H2. The monoisotopic (exact) mass is 362 g/mol. The second kappa shape index (κ2) is 7.72. The summed E-state index contributed by atoms with van der Waals surface area (Å²) >= 11 is 0. The number of hydrogen-bond acceptors (Lipinski definition) is 5. The van der Waals surface area contributed by atoms with Crippen molar-refractivity contribution in [2.24, 2.45) is 0 Å². The molecule has 4 rings (SSSR count). The number of rotatable bonds is 4. The van der Waals surface area contributed by atoms with Crippen molar-refractivity contribution in [2.45, 2.75) is 13.0 Å². The van der Waals surface area contributed by atoms with Crippen molar-refractivity contribution in [3.8, 4) is 0 Å². The number of aromatic nitrogens is 1. The molecule has 3 aromatic rings. The van der Waals surface area contributed by atoms with Crippen LogP contribution in [0.2, 0.25) is 0 Å². The highest BCUT2D eigenvalue weighted by Crippen LogP contribution is 2.33. The molecule has 138 valence electrons. The number of nitro groups is 1. The van der Waals surface area contributed by atoms with Crippen molar-refractivity contribution >= 4 is 22.1 Å². The van der Waals surface area contributed by atoms with E-state index in [0.717, 1.165) is 50.2 Å². The maximum absolute atomic E-state index is 11.3. The van der Waals surface area contributed by atoms with Gasteiger partial charge in [0.1, 0.15) is 0 Å². The van der Waals surface area contributed by atoms with Gasteiger partial charge >= 0.3 is 0 Å². The van der Waals surface area contributed by atoms with Crippen LogP contribution in [0, 0.1) is 10.1 Å². The average molecular weight is 362 g/mol. The van der Waals surface area contributed by atoms with Crippen LogP contribution in [0.15, 0.2) is 60.9 Å². The third-order valence-electron chi connectivity index (χ3n) is 5.15. The summed E-state index contributed by atoms with van der Waals surface area (Å²) in [6.45, 7) is 4.83. The van der Waals surface area contributed by atoms with E-state index in [1.165, 1.54) is 5.56 Å². The average Bonchev–Trinajstić information content (AvgIpc) is 2.93. The molecule has 1 aliphatic rings. The van der Waals surface area contributed by atoms with Crippen molar-refractivity contribution in [2.75, 3.05) is 31.1 Å². The SMILES string of the molecule is O=[N+]([O-])c1ccc(N2CCCN(Cc3ccccc3)CC2)c2ccncc12. The molecule has 0 spiro atoms.